The molecule has 0 aliphatic rings. The molecule has 0 saturated carbocycles. The normalized spacial score (nSPS) is 12.2. The maximum Gasteiger partial charge on any atom is 0.191 e. The highest BCUT2D eigenvalue weighted by Gasteiger charge is 1.98. The van der Waals surface area contributed by atoms with Gasteiger partial charge in [-0.2, -0.15) is 0 Å². The van der Waals surface area contributed by atoms with Crippen LogP contribution in [0.15, 0.2) is 4.99 Å². The highest BCUT2D eigenvalue weighted by molar-refractivity contribution is 5.79. The minimum Gasteiger partial charge on any atom is -0.381 e. The van der Waals surface area contributed by atoms with Crippen LogP contribution in [0.2, 0.25) is 0 Å². The Balaban J connectivity index is 3.70. The Morgan fingerprint density at radius 1 is 0.952 bits per heavy atom. The van der Waals surface area contributed by atoms with Crippen molar-refractivity contribution in [1.82, 2.24) is 10.6 Å². The molecule has 0 aliphatic heterocycles. The van der Waals surface area contributed by atoms with Crippen molar-refractivity contribution < 1.29 is 9.47 Å². The van der Waals surface area contributed by atoms with E-state index in [4.69, 9.17) is 9.47 Å². The number of aliphatic imine (C=N–C) groups is 1. The molecule has 5 nitrogen and oxygen atoms in total. The molecule has 0 aromatic rings. The zero-order valence-electron chi connectivity index (χ0n) is 14.6. The maximum atomic E-state index is 5.54. The van der Waals surface area contributed by atoms with Crippen LogP contribution in [0.5, 0.6) is 0 Å². The fourth-order valence-corrected chi connectivity index (χ4v) is 1.58. The van der Waals surface area contributed by atoms with E-state index in [-0.39, 0.29) is 0 Å². The van der Waals surface area contributed by atoms with Gasteiger partial charge in [0, 0.05) is 39.5 Å². The largest absolute Gasteiger partial charge is 0.381 e. The first-order valence-electron chi connectivity index (χ1n) is 8.23. The van der Waals surface area contributed by atoms with E-state index in [1.165, 1.54) is 0 Å². The number of rotatable bonds is 12. The van der Waals surface area contributed by atoms with Crippen LogP contribution in [0.25, 0.3) is 0 Å². The van der Waals surface area contributed by atoms with Gasteiger partial charge in [-0.25, -0.2) is 0 Å². The smallest absolute Gasteiger partial charge is 0.191 e. The highest BCUT2D eigenvalue weighted by Crippen LogP contribution is 1.94. The van der Waals surface area contributed by atoms with Crippen LogP contribution in [-0.2, 0) is 9.47 Å². The van der Waals surface area contributed by atoms with E-state index in [1.54, 1.807) is 0 Å². The monoisotopic (exact) mass is 301 g/mol. The second-order valence-corrected chi connectivity index (χ2v) is 5.98. The first kappa shape index (κ1) is 20.2. The molecule has 0 aromatic carbocycles. The highest BCUT2D eigenvalue weighted by atomic mass is 16.5. The average Bonchev–Trinajstić information content (AvgIpc) is 2.41. The molecule has 0 unspecified atom stereocenters. The molecule has 126 valence electrons. The van der Waals surface area contributed by atoms with Crippen molar-refractivity contribution >= 4 is 5.96 Å². The predicted octanol–water partition coefficient (Wildman–Crippen LogP) is 2.28. The van der Waals surface area contributed by atoms with Crippen molar-refractivity contribution in [2.45, 2.75) is 41.0 Å². The van der Waals surface area contributed by atoms with Crippen molar-refractivity contribution in [3.63, 3.8) is 0 Å². The molecule has 0 atom stereocenters. The minimum atomic E-state index is 0.581. The molecule has 0 bridgehead atoms. The summed E-state index contributed by atoms with van der Waals surface area (Å²) in [4.78, 5) is 4.52. The van der Waals surface area contributed by atoms with Crippen molar-refractivity contribution in [3.8, 4) is 0 Å². The van der Waals surface area contributed by atoms with Gasteiger partial charge in [-0.1, -0.05) is 27.7 Å². The summed E-state index contributed by atoms with van der Waals surface area (Å²) in [7, 11) is 0. The van der Waals surface area contributed by atoms with Gasteiger partial charge in [-0.05, 0) is 25.2 Å². The molecule has 0 aromatic heterocycles. The summed E-state index contributed by atoms with van der Waals surface area (Å²) >= 11 is 0. The Bertz CT molecular complexity index is 256. The van der Waals surface area contributed by atoms with E-state index in [1.807, 2.05) is 0 Å². The van der Waals surface area contributed by atoms with Gasteiger partial charge in [0.2, 0.25) is 0 Å². The lowest BCUT2D eigenvalue weighted by Crippen LogP contribution is -2.39. The fraction of sp³-hybridized carbons (Fsp3) is 0.938. The van der Waals surface area contributed by atoms with E-state index in [0.29, 0.717) is 18.4 Å². The number of nitrogens with one attached hydrogen (secondary N) is 2. The summed E-state index contributed by atoms with van der Waals surface area (Å²) in [6.07, 6.45) is 0.952. The summed E-state index contributed by atoms with van der Waals surface area (Å²) in [6, 6.07) is 0. The van der Waals surface area contributed by atoms with E-state index >= 15 is 0 Å². The molecule has 0 saturated heterocycles. The number of ether oxygens (including phenoxy) is 2. The van der Waals surface area contributed by atoms with E-state index < -0.39 is 0 Å². The second-order valence-electron chi connectivity index (χ2n) is 5.98. The van der Waals surface area contributed by atoms with Gasteiger partial charge in [-0.3, -0.25) is 4.99 Å². The van der Waals surface area contributed by atoms with E-state index in [2.05, 4.69) is 50.2 Å². The lowest BCUT2D eigenvalue weighted by atomic mass is 10.2. The third-order valence-electron chi connectivity index (χ3n) is 2.50. The summed E-state index contributed by atoms with van der Waals surface area (Å²) < 4.78 is 11.1. The Morgan fingerprint density at radius 3 is 2.14 bits per heavy atom. The zero-order chi connectivity index (χ0) is 15.9. The maximum absolute atomic E-state index is 5.54. The standard InChI is InChI=1S/C16H35N3O2/c1-6-17-16(19-9-11-21-13-15(4)5)18-8-7-10-20-12-14(2)3/h14-15H,6-13H2,1-5H3,(H2,17,18,19). The second kappa shape index (κ2) is 14.1. The molecule has 21 heavy (non-hydrogen) atoms. The zero-order valence-corrected chi connectivity index (χ0v) is 14.6. The summed E-state index contributed by atoms with van der Waals surface area (Å²) in [5, 5.41) is 6.51. The molecule has 0 fully saturated rings. The molecule has 0 amide bonds. The summed E-state index contributed by atoms with van der Waals surface area (Å²) in [5.74, 6) is 2.03. The fourth-order valence-electron chi connectivity index (χ4n) is 1.58. The molecule has 5 heteroatoms. The third-order valence-corrected chi connectivity index (χ3v) is 2.50. The van der Waals surface area contributed by atoms with Crippen molar-refractivity contribution in [3.05, 3.63) is 0 Å². The van der Waals surface area contributed by atoms with Gasteiger partial charge in [0.05, 0.1) is 6.61 Å². The molecule has 0 heterocycles. The molecule has 2 N–H and O–H groups in total. The SMILES string of the molecule is CCNC(=NCCCOCC(C)C)NCCOCC(C)C. The summed E-state index contributed by atoms with van der Waals surface area (Å²) in [5.41, 5.74) is 0. The van der Waals surface area contributed by atoms with Crippen LogP contribution >= 0.6 is 0 Å². The number of hydrogen-bond donors (Lipinski definition) is 2. The Kier molecular flexibility index (Phi) is 13.6. The average molecular weight is 301 g/mol. The van der Waals surface area contributed by atoms with Crippen LogP contribution in [0, 0.1) is 11.8 Å². The predicted molar refractivity (Wildman–Crippen MR) is 89.9 cm³/mol. The number of hydrogen-bond acceptors (Lipinski definition) is 3. The van der Waals surface area contributed by atoms with Gasteiger partial charge < -0.3 is 20.1 Å². The van der Waals surface area contributed by atoms with Gasteiger partial charge in [-0.15, -0.1) is 0 Å². The topological polar surface area (TPSA) is 54.9 Å². The van der Waals surface area contributed by atoms with Gasteiger partial charge in [0.1, 0.15) is 0 Å². The van der Waals surface area contributed by atoms with Crippen molar-refractivity contribution in [2.75, 3.05) is 46.1 Å². The first-order valence-corrected chi connectivity index (χ1v) is 8.23. The van der Waals surface area contributed by atoms with Gasteiger partial charge >= 0.3 is 0 Å². The number of guanidine groups is 1. The van der Waals surface area contributed by atoms with E-state index in [0.717, 1.165) is 51.8 Å². The molecule has 0 spiro atoms. The van der Waals surface area contributed by atoms with Crippen molar-refractivity contribution in [2.24, 2.45) is 16.8 Å². The lowest BCUT2D eigenvalue weighted by Gasteiger charge is -2.12. The van der Waals surface area contributed by atoms with Crippen molar-refractivity contribution in [1.29, 1.82) is 0 Å². The molecular weight excluding hydrogens is 266 g/mol. The minimum absolute atomic E-state index is 0.581. The van der Waals surface area contributed by atoms with Crippen LogP contribution < -0.4 is 10.6 Å². The number of nitrogens with zero attached hydrogens (tertiary/aromatic N) is 1. The molecule has 0 rings (SSSR count). The van der Waals surface area contributed by atoms with Crippen LogP contribution in [0.4, 0.5) is 0 Å². The molecule has 0 aliphatic carbocycles. The Labute approximate surface area is 130 Å². The lowest BCUT2D eigenvalue weighted by molar-refractivity contribution is 0.109. The Morgan fingerprint density at radius 2 is 1.57 bits per heavy atom. The first-order chi connectivity index (χ1) is 10.1. The van der Waals surface area contributed by atoms with Crippen LogP contribution in [0.1, 0.15) is 41.0 Å². The van der Waals surface area contributed by atoms with Crippen LogP contribution in [0.3, 0.4) is 0 Å². The van der Waals surface area contributed by atoms with Gasteiger partial charge in [0.25, 0.3) is 0 Å². The summed E-state index contributed by atoms with van der Waals surface area (Å²) in [6.45, 7) is 16.2. The molecule has 0 radical (unpaired) electrons. The molecular formula is C16H35N3O2. The van der Waals surface area contributed by atoms with E-state index in [9.17, 15) is 0 Å². The van der Waals surface area contributed by atoms with Gasteiger partial charge in [0.15, 0.2) is 5.96 Å². The third kappa shape index (κ3) is 15.4. The quantitative estimate of drug-likeness (QED) is 0.330. The van der Waals surface area contributed by atoms with Crippen LogP contribution in [-0.4, -0.2) is 52.0 Å². The Hall–Kier alpha value is -0.810.